The Hall–Kier alpha value is -2.14. The fraction of sp³-hybridized carbons (Fsp3) is 0.500. The minimum Gasteiger partial charge on any atom is -0.337 e. The standard InChI is InChI=1S/C20H26N4O/c1-20(2)13-23(12-11-17(20)21)19(25)18-15-9-6-10-16(15)24(22-18)14-7-4-3-5-8-14/h3-5,7-8,17H,6,9-13,21H2,1-2H3. The van der Waals surface area contributed by atoms with Gasteiger partial charge in [0.05, 0.1) is 5.69 Å². The molecule has 0 saturated carbocycles. The van der Waals surface area contributed by atoms with Crippen molar-refractivity contribution in [2.24, 2.45) is 11.1 Å². The predicted molar refractivity (Wildman–Crippen MR) is 97.9 cm³/mol. The minimum absolute atomic E-state index is 0.0565. The number of para-hydroxylation sites is 1. The van der Waals surface area contributed by atoms with Gasteiger partial charge in [-0.2, -0.15) is 5.10 Å². The first-order valence-corrected chi connectivity index (χ1v) is 9.18. The van der Waals surface area contributed by atoms with Crippen LogP contribution in [0.15, 0.2) is 30.3 Å². The lowest BCUT2D eigenvalue weighted by Gasteiger charge is -2.42. The Bertz CT molecular complexity index is 794. The third-order valence-electron chi connectivity index (χ3n) is 5.73. The highest BCUT2D eigenvalue weighted by atomic mass is 16.2. The summed E-state index contributed by atoms with van der Waals surface area (Å²) in [6.45, 7) is 5.70. The van der Waals surface area contributed by atoms with Crippen molar-refractivity contribution in [1.29, 1.82) is 0 Å². The Morgan fingerprint density at radius 2 is 2.00 bits per heavy atom. The molecule has 2 aromatic rings. The number of amides is 1. The molecular formula is C20H26N4O. The molecular weight excluding hydrogens is 312 g/mol. The predicted octanol–water partition coefficient (Wildman–Crippen LogP) is 2.56. The van der Waals surface area contributed by atoms with Crippen LogP contribution in [0.25, 0.3) is 5.69 Å². The molecule has 5 nitrogen and oxygen atoms in total. The summed E-state index contributed by atoms with van der Waals surface area (Å²) in [6.07, 6.45) is 3.87. The van der Waals surface area contributed by atoms with Crippen molar-refractivity contribution in [2.45, 2.75) is 45.6 Å². The Morgan fingerprint density at radius 3 is 2.72 bits per heavy atom. The van der Waals surface area contributed by atoms with E-state index in [2.05, 4.69) is 13.8 Å². The summed E-state index contributed by atoms with van der Waals surface area (Å²) in [5.74, 6) is 0.0628. The fourth-order valence-corrected chi connectivity index (χ4v) is 4.09. The first-order chi connectivity index (χ1) is 12.0. The summed E-state index contributed by atoms with van der Waals surface area (Å²) in [7, 11) is 0. The molecule has 132 valence electrons. The van der Waals surface area contributed by atoms with E-state index in [1.165, 1.54) is 5.69 Å². The molecule has 1 aliphatic carbocycles. The van der Waals surface area contributed by atoms with Crippen LogP contribution in [-0.2, 0) is 12.8 Å². The van der Waals surface area contributed by atoms with Gasteiger partial charge in [-0.05, 0) is 43.2 Å². The van der Waals surface area contributed by atoms with Gasteiger partial charge < -0.3 is 10.6 Å². The molecule has 0 radical (unpaired) electrons. The molecule has 2 heterocycles. The third kappa shape index (κ3) is 2.76. The van der Waals surface area contributed by atoms with E-state index in [9.17, 15) is 4.79 Å². The third-order valence-corrected chi connectivity index (χ3v) is 5.73. The van der Waals surface area contributed by atoms with Crippen molar-refractivity contribution < 1.29 is 4.79 Å². The highest BCUT2D eigenvalue weighted by Crippen LogP contribution is 2.32. The number of benzene rings is 1. The van der Waals surface area contributed by atoms with Crippen molar-refractivity contribution in [3.8, 4) is 5.69 Å². The van der Waals surface area contributed by atoms with Crippen LogP contribution >= 0.6 is 0 Å². The summed E-state index contributed by atoms with van der Waals surface area (Å²) >= 11 is 0. The molecule has 0 spiro atoms. The molecule has 1 fully saturated rings. The highest BCUT2D eigenvalue weighted by Gasteiger charge is 2.37. The van der Waals surface area contributed by atoms with Crippen LogP contribution in [-0.4, -0.2) is 39.7 Å². The zero-order valence-electron chi connectivity index (χ0n) is 15.0. The average molecular weight is 338 g/mol. The van der Waals surface area contributed by atoms with Gasteiger partial charge in [0.2, 0.25) is 0 Å². The van der Waals surface area contributed by atoms with E-state index < -0.39 is 0 Å². The number of hydrogen-bond donors (Lipinski definition) is 1. The Morgan fingerprint density at radius 1 is 1.24 bits per heavy atom. The smallest absolute Gasteiger partial charge is 0.274 e. The van der Waals surface area contributed by atoms with E-state index in [1.54, 1.807) is 0 Å². The monoisotopic (exact) mass is 338 g/mol. The number of fused-ring (bicyclic) bond motifs is 1. The first-order valence-electron chi connectivity index (χ1n) is 9.18. The fourth-order valence-electron chi connectivity index (χ4n) is 4.09. The molecule has 1 unspecified atom stereocenters. The molecule has 1 amide bonds. The normalized spacial score (nSPS) is 22.0. The highest BCUT2D eigenvalue weighted by molar-refractivity contribution is 5.94. The number of carbonyl (C=O) groups excluding carboxylic acids is 1. The van der Waals surface area contributed by atoms with Crippen LogP contribution in [0, 0.1) is 5.41 Å². The van der Waals surface area contributed by atoms with E-state index in [0.717, 1.165) is 43.5 Å². The van der Waals surface area contributed by atoms with Gasteiger partial charge in [0.1, 0.15) is 0 Å². The second kappa shape index (κ2) is 5.99. The Kier molecular flexibility index (Phi) is 3.91. The molecule has 4 rings (SSSR count). The maximum Gasteiger partial charge on any atom is 0.274 e. The number of carbonyl (C=O) groups is 1. The average Bonchev–Trinajstić information content (AvgIpc) is 3.20. The van der Waals surface area contributed by atoms with E-state index in [-0.39, 0.29) is 17.4 Å². The maximum atomic E-state index is 13.2. The second-order valence-electron chi connectivity index (χ2n) is 7.99. The number of nitrogens with two attached hydrogens (primary N) is 1. The van der Waals surface area contributed by atoms with Gasteiger partial charge in [0.25, 0.3) is 5.91 Å². The van der Waals surface area contributed by atoms with E-state index in [1.807, 2.05) is 39.9 Å². The van der Waals surface area contributed by atoms with E-state index >= 15 is 0 Å². The molecule has 5 heteroatoms. The van der Waals surface area contributed by atoms with Crippen LogP contribution in [0.4, 0.5) is 0 Å². The minimum atomic E-state index is -0.0565. The van der Waals surface area contributed by atoms with Crippen LogP contribution in [0.2, 0.25) is 0 Å². The number of aromatic nitrogens is 2. The summed E-state index contributed by atoms with van der Waals surface area (Å²) < 4.78 is 1.97. The van der Waals surface area contributed by atoms with Gasteiger partial charge in [0.15, 0.2) is 5.69 Å². The summed E-state index contributed by atoms with van der Waals surface area (Å²) in [5.41, 5.74) is 10.2. The zero-order chi connectivity index (χ0) is 17.6. The van der Waals surface area contributed by atoms with Crippen molar-refractivity contribution in [2.75, 3.05) is 13.1 Å². The zero-order valence-corrected chi connectivity index (χ0v) is 15.0. The molecule has 1 atom stereocenters. The molecule has 1 aliphatic heterocycles. The molecule has 25 heavy (non-hydrogen) atoms. The Labute approximate surface area is 148 Å². The molecule has 2 aliphatic rings. The van der Waals surface area contributed by atoms with Crippen molar-refractivity contribution in [1.82, 2.24) is 14.7 Å². The topological polar surface area (TPSA) is 64.2 Å². The van der Waals surface area contributed by atoms with Gasteiger partial charge in [-0.3, -0.25) is 4.79 Å². The van der Waals surface area contributed by atoms with Gasteiger partial charge in [-0.1, -0.05) is 32.0 Å². The summed E-state index contributed by atoms with van der Waals surface area (Å²) in [5, 5.41) is 4.74. The number of rotatable bonds is 2. The van der Waals surface area contributed by atoms with Crippen LogP contribution < -0.4 is 5.73 Å². The second-order valence-corrected chi connectivity index (χ2v) is 7.99. The van der Waals surface area contributed by atoms with Crippen molar-refractivity contribution >= 4 is 5.91 Å². The number of likely N-dealkylation sites (tertiary alicyclic amines) is 1. The van der Waals surface area contributed by atoms with Gasteiger partial charge in [0, 0.05) is 30.4 Å². The quantitative estimate of drug-likeness (QED) is 0.915. The molecule has 2 N–H and O–H groups in total. The lowest BCUT2D eigenvalue weighted by Crippen LogP contribution is -2.54. The molecule has 1 aromatic carbocycles. The van der Waals surface area contributed by atoms with E-state index in [4.69, 9.17) is 10.8 Å². The largest absolute Gasteiger partial charge is 0.337 e. The van der Waals surface area contributed by atoms with Crippen LogP contribution in [0.3, 0.4) is 0 Å². The van der Waals surface area contributed by atoms with E-state index in [0.29, 0.717) is 12.2 Å². The van der Waals surface area contributed by atoms with Crippen molar-refractivity contribution in [3.63, 3.8) is 0 Å². The van der Waals surface area contributed by atoms with Crippen molar-refractivity contribution in [3.05, 3.63) is 47.3 Å². The summed E-state index contributed by atoms with van der Waals surface area (Å²) in [4.78, 5) is 15.2. The van der Waals surface area contributed by atoms with Crippen LogP contribution in [0.1, 0.15) is 48.4 Å². The number of piperidine rings is 1. The Balaban J connectivity index is 1.68. The summed E-state index contributed by atoms with van der Waals surface area (Å²) in [6, 6.07) is 10.2. The molecule has 1 aromatic heterocycles. The lowest BCUT2D eigenvalue weighted by molar-refractivity contribution is 0.0526. The van der Waals surface area contributed by atoms with Gasteiger partial charge in [-0.25, -0.2) is 4.68 Å². The molecule has 1 saturated heterocycles. The van der Waals surface area contributed by atoms with Crippen LogP contribution in [0.5, 0.6) is 0 Å². The van der Waals surface area contributed by atoms with Gasteiger partial charge in [-0.15, -0.1) is 0 Å². The first kappa shape index (κ1) is 16.3. The SMILES string of the molecule is CC1(C)CN(C(=O)c2nn(-c3ccccc3)c3c2CCC3)CCC1N. The number of hydrogen-bond acceptors (Lipinski definition) is 3. The molecule has 0 bridgehead atoms. The lowest BCUT2D eigenvalue weighted by atomic mass is 9.79. The maximum absolute atomic E-state index is 13.2. The number of nitrogens with zero attached hydrogens (tertiary/aromatic N) is 3. The van der Waals surface area contributed by atoms with Gasteiger partial charge >= 0.3 is 0 Å².